The van der Waals surface area contributed by atoms with Crippen molar-refractivity contribution in [2.24, 2.45) is 0 Å². The number of ether oxygens (including phenoxy) is 2. The number of carboxylic acid groups (broad SMARTS) is 1. The highest BCUT2D eigenvalue weighted by Gasteiger charge is 2.23. The predicted molar refractivity (Wildman–Crippen MR) is 74.4 cm³/mol. The molecule has 0 saturated heterocycles. The van der Waals surface area contributed by atoms with E-state index in [2.05, 4.69) is 5.32 Å². The molecule has 0 saturated carbocycles. The number of carbonyl (C=O) groups is 2. The molecule has 0 radical (unpaired) electrons. The monoisotopic (exact) mass is 299 g/mol. The molecule has 116 valence electrons. The Morgan fingerprint density at radius 2 is 1.95 bits per heavy atom. The van der Waals surface area contributed by atoms with Gasteiger partial charge < -0.3 is 14.6 Å². The second kappa shape index (κ2) is 6.43. The van der Waals surface area contributed by atoms with Crippen molar-refractivity contribution in [3.8, 4) is 5.75 Å². The summed E-state index contributed by atoms with van der Waals surface area (Å²) >= 11 is 0. The normalized spacial score (nSPS) is 10.9. The van der Waals surface area contributed by atoms with Gasteiger partial charge in [-0.2, -0.15) is 0 Å². The van der Waals surface area contributed by atoms with Crippen LogP contribution in [-0.4, -0.2) is 29.4 Å². The van der Waals surface area contributed by atoms with Crippen LogP contribution in [0.3, 0.4) is 0 Å². The maximum Gasteiger partial charge on any atom is 0.412 e. The Morgan fingerprint density at radius 3 is 2.43 bits per heavy atom. The Morgan fingerprint density at radius 1 is 1.33 bits per heavy atom. The number of benzene rings is 1. The molecule has 0 heterocycles. The molecule has 7 heteroatoms. The Balaban J connectivity index is 3.10. The van der Waals surface area contributed by atoms with Gasteiger partial charge in [-0.3, -0.25) is 5.32 Å². The number of rotatable bonds is 4. The molecule has 0 bridgehead atoms. The number of halogens is 1. The molecule has 1 aromatic rings. The summed E-state index contributed by atoms with van der Waals surface area (Å²) in [4.78, 5) is 22.8. The minimum atomic E-state index is -1.51. The van der Waals surface area contributed by atoms with Crippen molar-refractivity contribution in [1.82, 2.24) is 0 Å². The molecule has 6 nitrogen and oxygen atoms in total. The van der Waals surface area contributed by atoms with Gasteiger partial charge in [0.1, 0.15) is 11.2 Å². The van der Waals surface area contributed by atoms with Gasteiger partial charge in [-0.25, -0.2) is 14.0 Å². The number of nitrogens with one attached hydrogen (secondary N) is 1. The van der Waals surface area contributed by atoms with Crippen LogP contribution < -0.4 is 10.1 Å². The van der Waals surface area contributed by atoms with E-state index in [1.165, 1.54) is 12.1 Å². The summed E-state index contributed by atoms with van der Waals surface area (Å²) in [5.74, 6) is -2.75. The van der Waals surface area contributed by atoms with E-state index in [9.17, 15) is 14.0 Å². The van der Waals surface area contributed by atoms with Crippen molar-refractivity contribution >= 4 is 17.7 Å². The van der Waals surface area contributed by atoms with E-state index in [-0.39, 0.29) is 18.0 Å². The lowest BCUT2D eigenvalue weighted by Gasteiger charge is -2.20. The number of anilines is 1. The fraction of sp³-hybridized carbons (Fsp3) is 0.429. The van der Waals surface area contributed by atoms with E-state index in [1.807, 2.05) is 0 Å². The van der Waals surface area contributed by atoms with E-state index >= 15 is 0 Å². The van der Waals surface area contributed by atoms with Crippen LogP contribution in [0, 0.1) is 5.82 Å². The quantitative estimate of drug-likeness (QED) is 0.891. The van der Waals surface area contributed by atoms with E-state index in [0.29, 0.717) is 0 Å². The second-order valence-electron chi connectivity index (χ2n) is 5.17. The fourth-order valence-corrected chi connectivity index (χ4v) is 1.55. The molecule has 21 heavy (non-hydrogen) atoms. The van der Waals surface area contributed by atoms with Crippen LogP contribution in [0.25, 0.3) is 0 Å². The van der Waals surface area contributed by atoms with E-state index in [0.717, 1.165) is 0 Å². The lowest BCUT2D eigenvalue weighted by atomic mass is 10.1. The zero-order chi connectivity index (χ0) is 16.2. The van der Waals surface area contributed by atoms with Gasteiger partial charge in [0.05, 0.1) is 12.3 Å². The lowest BCUT2D eigenvalue weighted by molar-refractivity contribution is 0.0636. The van der Waals surface area contributed by atoms with Crippen molar-refractivity contribution in [3.63, 3.8) is 0 Å². The lowest BCUT2D eigenvalue weighted by Crippen LogP contribution is -2.28. The van der Waals surface area contributed by atoms with Crippen molar-refractivity contribution in [1.29, 1.82) is 0 Å². The first-order valence-corrected chi connectivity index (χ1v) is 6.34. The molecule has 1 rings (SSSR count). The summed E-state index contributed by atoms with van der Waals surface area (Å²) in [5, 5.41) is 11.3. The zero-order valence-corrected chi connectivity index (χ0v) is 12.3. The van der Waals surface area contributed by atoms with Gasteiger partial charge in [-0.1, -0.05) is 0 Å². The molecule has 1 amide bonds. The molecule has 0 aromatic heterocycles. The van der Waals surface area contributed by atoms with Crippen LogP contribution >= 0.6 is 0 Å². The van der Waals surface area contributed by atoms with Gasteiger partial charge in [0, 0.05) is 0 Å². The van der Waals surface area contributed by atoms with E-state index in [1.54, 1.807) is 27.7 Å². The molecule has 0 aliphatic carbocycles. The number of aromatic carboxylic acids is 1. The molecule has 1 aromatic carbocycles. The van der Waals surface area contributed by atoms with Crippen LogP contribution in [-0.2, 0) is 4.74 Å². The Kier molecular flexibility index (Phi) is 5.12. The summed E-state index contributed by atoms with van der Waals surface area (Å²) in [6.45, 7) is 6.80. The molecule has 0 fully saturated rings. The van der Waals surface area contributed by atoms with Crippen molar-refractivity contribution in [3.05, 3.63) is 23.5 Å². The average Bonchev–Trinajstić information content (AvgIpc) is 2.29. The minimum Gasteiger partial charge on any atom is -0.491 e. The first-order chi connectivity index (χ1) is 9.65. The predicted octanol–water partition coefficient (Wildman–Crippen LogP) is 3.27. The molecule has 0 aliphatic heterocycles. The molecule has 0 aliphatic rings. The smallest absolute Gasteiger partial charge is 0.412 e. The third kappa shape index (κ3) is 4.62. The Hall–Kier alpha value is -2.31. The first kappa shape index (κ1) is 16.7. The molecule has 2 N–H and O–H groups in total. The summed E-state index contributed by atoms with van der Waals surface area (Å²) in [5.41, 5.74) is -1.62. The van der Waals surface area contributed by atoms with Crippen molar-refractivity contribution in [2.75, 3.05) is 11.9 Å². The van der Waals surface area contributed by atoms with Crippen molar-refractivity contribution < 1.29 is 28.6 Å². The number of amides is 1. The Bertz CT molecular complexity index is 551. The third-order valence-corrected chi connectivity index (χ3v) is 2.26. The van der Waals surface area contributed by atoms with Gasteiger partial charge >= 0.3 is 12.1 Å². The van der Waals surface area contributed by atoms with Crippen LogP contribution in [0.1, 0.15) is 38.1 Å². The maximum atomic E-state index is 14.1. The van der Waals surface area contributed by atoms with Crippen LogP contribution in [0.2, 0.25) is 0 Å². The average molecular weight is 299 g/mol. The largest absolute Gasteiger partial charge is 0.491 e. The molecule has 0 unspecified atom stereocenters. The summed E-state index contributed by atoms with van der Waals surface area (Å²) < 4.78 is 24.0. The van der Waals surface area contributed by atoms with Crippen LogP contribution in [0.5, 0.6) is 5.75 Å². The number of hydrogen-bond donors (Lipinski definition) is 2. The summed E-state index contributed by atoms with van der Waals surface area (Å²) in [6.07, 6.45) is -0.867. The second-order valence-corrected chi connectivity index (χ2v) is 5.17. The molecular weight excluding hydrogens is 281 g/mol. The van der Waals surface area contributed by atoms with Gasteiger partial charge in [0.2, 0.25) is 0 Å². The highest BCUT2D eigenvalue weighted by Crippen LogP contribution is 2.28. The molecule has 0 spiro atoms. The van der Waals surface area contributed by atoms with Gasteiger partial charge in [-0.15, -0.1) is 0 Å². The highest BCUT2D eigenvalue weighted by molar-refractivity contribution is 5.99. The number of carboxylic acids is 1. The van der Waals surface area contributed by atoms with Crippen LogP contribution in [0.15, 0.2) is 12.1 Å². The van der Waals surface area contributed by atoms with E-state index in [4.69, 9.17) is 14.6 Å². The van der Waals surface area contributed by atoms with Gasteiger partial charge in [0.15, 0.2) is 11.6 Å². The standard InChI is InChI=1S/C14H18FNO5/c1-5-20-9-7-6-8(10(11(9)15)12(17)18)16-13(19)21-14(2,3)4/h6-7H,5H2,1-4H3,(H,16,19)(H,17,18). The SMILES string of the molecule is CCOc1ccc(NC(=O)OC(C)(C)C)c(C(=O)O)c1F. The third-order valence-electron chi connectivity index (χ3n) is 2.26. The molecular formula is C14H18FNO5. The minimum absolute atomic E-state index is 0.189. The van der Waals surface area contributed by atoms with Gasteiger partial charge in [-0.05, 0) is 39.8 Å². The fourth-order valence-electron chi connectivity index (χ4n) is 1.55. The molecule has 0 atom stereocenters. The first-order valence-electron chi connectivity index (χ1n) is 6.34. The number of carbonyl (C=O) groups excluding carboxylic acids is 1. The van der Waals surface area contributed by atoms with Gasteiger partial charge in [0.25, 0.3) is 0 Å². The Labute approximate surface area is 121 Å². The maximum absolute atomic E-state index is 14.1. The van der Waals surface area contributed by atoms with E-state index < -0.39 is 29.0 Å². The summed E-state index contributed by atoms with van der Waals surface area (Å²) in [6, 6.07) is 2.50. The van der Waals surface area contributed by atoms with Crippen molar-refractivity contribution in [2.45, 2.75) is 33.3 Å². The highest BCUT2D eigenvalue weighted by atomic mass is 19.1. The zero-order valence-electron chi connectivity index (χ0n) is 12.3. The number of hydrogen-bond acceptors (Lipinski definition) is 4. The summed E-state index contributed by atoms with van der Waals surface area (Å²) in [7, 11) is 0. The van der Waals surface area contributed by atoms with Crippen LogP contribution in [0.4, 0.5) is 14.9 Å². The topological polar surface area (TPSA) is 84.9 Å².